The molecule has 0 aliphatic carbocycles. The lowest BCUT2D eigenvalue weighted by Gasteiger charge is -2.09. The van der Waals surface area contributed by atoms with E-state index in [4.69, 9.17) is 4.74 Å². The van der Waals surface area contributed by atoms with Crippen LogP contribution in [0.1, 0.15) is 18.4 Å². The van der Waals surface area contributed by atoms with Crippen molar-refractivity contribution in [3.8, 4) is 5.69 Å². The van der Waals surface area contributed by atoms with Crippen LogP contribution in [0.2, 0.25) is 0 Å². The molecule has 0 radical (unpaired) electrons. The third kappa shape index (κ3) is 4.50. The molecule has 2 amide bonds. The molecule has 1 aromatic carbocycles. The quantitative estimate of drug-likeness (QED) is 0.694. The van der Waals surface area contributed by atoms with Crippen LogP contribution in [-0.4, -0.2) is 43.3 Å². The average Bonchev–Trinajstić information content (AvgIpc) is 3.44. The van der Waals surface area contributed by atoms with Crippen molar-refractivity contribution < 1.29 is 9.53 Å². The molecule has 0 spiro atoms. The van der Waals surface area contributed by atoms with E-state index in [0.29, 0.717) is 18.8 Å². The second-order valence-corrected chi connectivity index (χ2v) is 6.40. The molecule has 3 aromatic rings. The summed E-state index contributed by atoms with van der Waals surface area (Å²) in [7, 11) is 0. The highest BCUT2D eigenvalue weighted by atomic mass is 16.5. The van der Waals surface area contributed by atoms with Gasteiger partial charge >= 0.3 is 6.03 Å². The monoisotopic (exact) mass is 367 g/mol. The summed E-state index contributed by atoms with van der Waals surface area (Å²) in [6.45, 7) is 1.92. The molecule has 2 N–H and O–H groups in total. The number of ether oxygens (including phenoxy) is 1. The Morgan fingerprint density at radius 1 is 1.33 bits per heavy atom. The molecule has 1 fully saturated rings. The number of carbonyl (C=O) groups is 1. The zero-order chi connectivity index (χ0) is 18.5. The van der Waals surface area contributed by atoms with Crippen LogP contribution in [0, 0.1) is 0 Å². The van der Waals surface area contributed by atoms with Gasteiger partial charge in [-0.15, -0.1) is 0 Å². The molecule has 9 nitrogen and oxygen atoms in total. The highest BCUT2D eigenvalue weighted by Gasteiger charge is 2.16. The number of nitrogens with zero attached hydrogens (tertiary/aromatic N) is 5. The second kappa shape index (κ2) is 8.00. The molecule has 2 aromatic heterocycles. The van der Waals surface area contributed by atoms with Gasteiger partial charge < -0.3 is 15.4 Å². The van der Waals surface area contributed by atoms with E-state index in [1.54, 1.807) is 21.9 Å². The predicted octanol–water partition coefficient (Wildman–Crippen LogP) is 1.96. The van der Waals surface area contributed by atoms with E-state index in [1.165, 1.54) is 6.33 Å². The molecule has 0 bridgehead atoms. The number of anilines is 1. The molecule has 140 valence electrons. The van der Waals surface area contributed by atoms with Crippen LogP contribution >= 0.6 is 0 Å². The Hall–Kier alpha value is -3.20. The van der Waals surface area contributed by atoms with Crippen LogP contribution in [-0.2, 0) is 17.8 Å². The first-order valence-electron chi connectivity index (χ1n) is 8.89. The minimum atomic E-state index is -0.280. The molecular weight excluding hydrogens is 346 g/mol. The molecule has 3 heterocycles. The fourth-order valence-corrected chi connectivity index (χ4v) is 3.03. The molecule has 1 aliphatic heterocycles. The van der Waals surface area contributed by atoms with Crippen molar-refractivity contribution in [2.75, 3.05) is 11.9 Å². The van der Waals surface area contributed by atoms with E-state index in [2.05, 4.69) is 25.8 Å². The number of hydrogen-bond donors (Lipinski definition) is 2. The van der Waals surface area contributed by atoms with E-state index in [0.717, 1.165) is 30.7 Å². The first-order valence-corrected chi connectivity index (χ1v) is 8.89. The Morgan fingerprint density at radius 3 is 3.11 bits per heavy atom. The van der Waals surface area contributed by atoms with Gasteiger partial charge in [0.1, 0.15) is 12.7 Å². The Bertz CT molecular complexity index is 885. The van der Waals surface area contributed by atoms with Gasteiger partial charge in [-0.2, -0.15) is 10.2 Å². The van der Waals surface area contributed by atoms with Crippen LogP contribution in [0.15, 0.2) is 49.3 Å². The maximum atomic E-state index is 12.1. The summed E-state index contributed by atoms with van der Waals surface area (Å²) in [4.78, 5) is 16.1. The number of hydrogen-bond acceptors (Lipinski definition) is 5. The van der Waals surface area contributed by atoms with Crippen LogP contribution in [0.4, 0.5) is 10.5 Å². The number of amides is 2. The van der Waals surface area contributed by atoms with E-state index in [9.17, 15) is 4.79 Å². The van der Waals surface area contributed by atoms with Crippen molar-refractivity contribution in [1.29, 1.82) is 0 Å². The lowest BCUT2D eigenvalue weighted by Crippen LogP contribution is -2.28. The normalized spacial score (nSPS) is 16.4. The highest BCUT2D eigenvalue weighted by molar-refractivity contribution is 5.88. The fraction of sp³-hybridized carbons (Fsp3) is 0.333. The van der Waals surface area contributed by atoms with Gasteiger partial charge in [0.2, 0.25) is 0 Å². The summed E-state index contributed by atoms with van der Waals surface area (Å²) >= 11 is 0. The number of rotatable bonds is 6. The van der Waals surface area contributed by atoms with Crippen molar-refractivity contribution in [3.63, 3.8) is 0 Å². The van der Waals surface area contributed by atoms with Gasteiger partial charge in [0.15, 0.2) is 0 Å². The molecule has 0 saturated carbocycles. The van der Waals surface area contributed by atoms with Crippen LogP contribution < -0.4 is 10.6 Å². The van der Waals surface area contributed by atoms with Crippen molar-refractivity contribution in [2.24, 2.45) is 0 Å². The molecule has 1 saturated heterocycles. The van der Waals surface area contributed by atoms with Crippen molar-refractivity contribution in [3.05, 3.63) is 54.9 Å². The molecule has 4 rings (SSSR count). The third-order valence-electron chi connectivity index (χ3n) is 4.35. The molecule has 1 unspecified atom stereocenters. The average molecular weight is 367 g/mol. The van der Waals surface area contributed by atoms with E-state index >= 15 is 0 Å². The maximum Gasteiger partial charge on any atom is 0.319 e. The van der Waals surface area contributed by atoms with Crippen LogP contribution in [0.3, 0.4) is 0 Å². The standard InChI is InChI=1S/C18H21N7O2/c26-18(23-15-9-21-24(10-15)11-17-5-2-6-27-17)20-8-14-3-1-4-16(7-14)25-13-19-12-22-25/h1,3-4,7,9-10,12-13,17H,2,5-6,8,11H2,(H2,20,23,26). The van der Waals surface area contributed by atoms with Crippen LogP contribution in [0.25, 0.3) is 5.69 Å². The summed E-state index contributed by atoms with van der Waals surface area (Å²) < 4.78 is 9.07. The number of aromatic nitrogens is 5. The Balaban J connectivity index is 1.28. The smallest absolute Gasteiger partial charge is 0.319 e. The minimum Gasteiger partial charge on any atom is -0.376 e. The first kappa shape index (κ1) is 17.2. The summed E-state index contributed by atoms with van der Waals surface area (Å²) in [5.41, 5.74) is 2.51. The predicted molar refractivity (Wildman–Crippen MR) is 98.4 cm³/mol. The van der Waals surface area contributed by atoms with Crippen LogP contribution in [0.5, 0.6) is 0 Å². The van der Waals surface area contributed by atoms with E-state index < -0.39 is 0 Å². The lowest BCUT2D eigenvalue weighted by atomic mass is 10.2. The van der Waals surface area contributed by atoms with Gasteiger partial charge in [-0.3, -0.25) is 4.68 Å². The summed E-state index contributed by atoms with van der Waals surface area (Å²) in [6, 6.07) is 7.47. The molecular formula is C18H21N7O2. The van der Waals surface area contributed by atoms with Gasteiger partial charge in [-0.1, -0.05) is 12.1 Å². The SMILES string of the molecule is O=C(NCc1cccc(-n2cncn2)c1)Nc1cnn(CC2CCCO2)c1. The van der Waals surface area contributed by atoms with E-state index in [-0.39, 0.29) is 12.1 Å². The summed E-state index contributed by atoms with van der Waals surface area (Å²) in [5.74, 6) is 0. The number of carbonyl (C=O) groups excluding carboxylic acids is 1. The molecule has 1 atom stereocenters. The third-order valence-corrected chi connectivity index (χ3v) is 4.35. The Kier molecular flexibility index (Phi) is 5.10. The first-order chi connectivity index (χ1) is 13.3. The van der Waals surface area contributed by atoms with Gasteiger partial charge in [0.05, 0.1) is 30.2 Å². The number of benzene rings is 1. The largest absolute Gasteiger partial charge is 0.376 e. The Morgan fingerprint density at radius 2 is 2.30 bits per heavy atom. The highest BCUT2D eigenvalue weighted by Crippen LogP contribution is 2.15. The van der Waals surface area contributed by atoms with Gasteiger partial charge in [0, 0.05) is 19.3 Å². The van der Waals surface area contributed by atoms with Gasteiger partial charge in [0.25, 0.3) is 0 Å². The number of urea groups is 1. The minimum absolute atomic E-state index is 0.212. The van der Waals surface area contributed by atoms with E-state index in [1.807, 2.05) is 30.5 Å². The van der Waals surface area contributed by atoms with Crippen molar-refractivity contribution >= 4 is 11.7 Å². The van der Waals surface area contributed by atoms with Crippen molar-refractivity contribution in [1.82, 2.24) is 29.9 Å². The molecule has 9 heteroatoms. The molecule has 27 heavy (non-hydrogen) atoms. The van der Waals surface area contributed by atoms with Gasteiger partial charge in [-0.25, -0.2) is 14.5 Å². The second-order valence-electron chi connectivity index (χ2n) is 6.40. The topological polar surface area (TPSA) is 98.9 Å². The van der Waals surface area contributed by atoms with Crippen molar-refractivity contribution in [2.45, 2.75) is 32.0 Å². The summed E-state index contributed by atoms with van der Waals surface area (Å²) in [6.07, 6.45) is 8.93. The zero-order valence-corrected chi connectivity index (χ0v) is 14.8. The van der Waals surface area contributed by atoms with Gasteiger partial charge in [-0.05, 0) is 30.5 Å². The Labute approximate surface area is 156 Å². The molecule has 1 aliphatic rings. The zero-order valence-electron chi connectivity index (χ0n) is 14.8. The fourth-order valence-electron chi connectivity index (χ4n) is 3.03. The maximum absolute atomic E-state index is 12.1. The lowest BCUT2D eigenvalue weighted by molar-refractivity contribution is 0.0940. The summed E-state index contributed by atoms with van der Waals surface area (Å²) in [5, 5.41) is 14.0. The number of nitrogens with one attached hydrogen (secondary N) is 2.